The smallest absolute Gasteiger partial charge is 0.233 e. The van der Waals surface area contributed by atoms with Crippen molar-refractivity contribution in [3.8, 4) is 0 Å². The maximum Gasteiger partial charge on any atom is 0.233 e. The van der Waals surface area contributed by atoms with Crippen LogP contribution in [0.2, 0.25) is 0 Å². The normalized spacial score (nSPS) is 11.1. The highest BCUT2D eigenvalue weighted by Crippen LogP contribution is 2.30. The number of carbonyl (C=O) groups is 2. The first kappa shape index (κ1) is 16.7. The lowest BCUT2D eigenvalue weighted by molar-refractivity contribution is -0.140. The molecule has 0 atom stereocenters. The van der Waals surface area contributed by atoms with Gasteiger partial charge in [0.2, 0.25) is 11.8 Å². The van der Waals surface area contributed by atoms with Crippen LogP contribution in [0.3, 0.4) is 0 Å². The van der Waals surface area contributed by atoms with Crippen LogP contribution in [0, 0.1) is 5.41 Å². The zero-order valence-corrected chi connectivity index (χ0v) is 13.1. The van der Waals surface area contributed by atoms with Gasteiger partial charge in [-0.1, -0.05) is 60.7 Å². The monoisotopic (exact) mass is 310 g/mol. The fourth-order valence-electron chi connectivity index (χ4n) is 2.74. The molecule has 0 aromatic heterocycles. The van der Waals surface area contributed by atoms with Gasteiger partial charge in [-0.05, 0) is 36.8 Å². The molecular weight excluding hydrogens is 288 g/mol. The van der Waals surface area contributed by atoms with E-state index < -0.39 is 17.2 Å². The molecule has 120 valence electrons. The molecule has 4 N–H and O–H groups in total. The summed E-state index contributed by atoms with van der Waals surface area (Å²) in [6.45, 7) is 0. The van der Waals surface area contributed by atoms with Gasteiger partial charge in [-0.25, -0.2) is 0 Å². The molecule has 0 aliphatic rings. The van der Waals surface area contributed by atoms with Crippen molar-refractivity contribution in [1.29, 1.82) is 0 Å². The van der Waals surface area contributed by atoms with E-state index in [0.717, 1.165) is 11.1 Å². The number of aryl methyl sites for hydroxylation is 2. The minimum Gasteiger partial charge on any atom is -0.369 e. The summed E-state index contributed by atoms with van der Waals surface area (Å²) in [7, 11) is 0. The van der Waals surface area contributed by atoms with Crippen molar-refractivity contribution in [3.05, 3.63) is 71.8 Å². The topological polar surface area (TPSA) is 86.2 Å². The molecule has 0 heterocycles. The maximum atomic E-state index is 12.0. The van der Waals surface area contributed by atoms with Crippen LogP contribution in [0.25, 0.3) is 0 Å². The van der Waals surface area contributed by atoms with Gasteiger partial charge in [0.05, 0.1) is 0 Å². The van der Waals surface area contributed by atoms with Crippen molar-refractivity contribution in [2.24, 2.45) is 16.9 Å². The van der Waals surface area contributed by atoms with Crippen molar-refractivity contribution >= 4 is 11.8 Å². The van der Waals surface area contributed by atoms with Gasteiger partial charge in [0, 0.05) is 0 Å². The summed E-state index contributed by atoms with van der Waals surface area (Å²) < 4.78 is 0. The van der Waals surface area contributed by atoms with Crippen LogP contribution in [0.4, 0.5) is 0 Å². The minimum atomic E-state index is -1.31. The van der Waals surface area contributed by atoms with E-state index in [4.69, 9.17) is 11.5 Å². The predicted octanol–water partition coefficient (Wildman–Crippen LogP) is 2.21. The molecule has 0 fully saturated rings. The van der Waals surface area contributed by atoms with E-state index in [2.05, 4.69) is 0 Å². The Hall–Kier alpha value is -2.62. The summed E-state index contributed by atoms with van der Waals surface area (Å²) in [5, 5.41) is 0. The third kappa shape index (κ3) is 4.19. The number of primary amides is 2. The van der Waals surface area contributed by atoms with E-state index in [0.29, 0.717) is 25.7 Å². The highest BCUT2D eigenvalue weighted by Gasteiger charge is 2.41. The third-order valence-corrected chi connectivity index (χ3v) is 4.31. The molecule has 0 aliphatic carbocycles. The molecule has 0 spiro atoms. The van der Waals surface area contributed by atoms with E-state index in [1.165, 1.54) is 0 Å². The van der Waals surface area contributed by atoms with Gasteiger partial charge in [-0.15, -0.1) is 0 Å². The van der Waals surface area contributed by atoms with Gasteiger partial charge in [0.25, 0.3) is 0 Å². The first-order valence-electron chi connectivity index (χ1n) is 7.72. The lowest BCUT2D eigenvalue weighted by Gasteiger charge is -2.27. The van der Waals surface area contributed by atoms with Crippen LogP contribution in [0.5, 0.6) is 0 Å². The fourth-order valence-corrected chi connectivity index (χ4v) is 2.74. The number of amides is 2. The summed E-state index contributed by atoms with van der Waals surface area (Å²) in [5.74, 6) is -1.28. The molecule has 0 unspecified atom stereocenters. The molecule has 4 heteroatoms. The van der Waals surface area contributed by atoms with Gasteiger partial charge in [-0.3, -0.25) is 9.59 Å². The van der Waals surface area contributed by atoms with Crippen molar-refractivity contribution in [2.75, 3.05) is 0 Å². The summed E-state index contributed by atoms with van der Waals surface area (Å²) >= 11 is 0. The summed E-state index contributed by atoms with van der Waals surface area (Å²) in [6.07, 6.45) is 1.83. The molecule has 0 saturated carbocycles. The van der Waals surface area contributed by atoms with Crippen molar-refractivity contribution in [2.45, 2.75) is 25.7 Å². The number of benzene rings is 2. The number of nitrogens with two attached hydrogens (primary N) is 2. The van der Waals surface area contributed by atoms with Gasteiger partial charge < -0.3 is 11.5 Å². The zero-order valence-electron chi connectivity index (χ0n) is 13.1. The Balaban J connectivity index is 2.14. The number of hydrogen-bond acceptors (Lipinski definition) is 2. The van der Waals surface area contributed by atoms with Crippen molar-refractivity contribution in [3.63, 3.8) is 0 Å². The molecule has 0 saturated heterocycles. The lowest BCUT2D eigenvalue weighted by atomic mass is 9.76. The molecule has 2 aromatic carbocycles. The van der Waals surface area contributed by atoms with Crippen molar-refractivity contribution < 1.29 is 9.59 Å². The minimum absolute atomic E-state index is 0.328. The van der Waals surface area contributed by atoms with Gasteiger partial charge in [0.15, 0.2) is 0 Å². The van der Waals surface area contributed by atoms with E-state index in [9.17, 15) is 9.59 Å². The average molecular weight is 310 g/mol. The Kier molecular flexibility index (Phi) is 5.52. The summed E-state index contributed by atoms with van der Waals surface area (Å²) in [6, 6.07) is 19.4. The Morgan fingerprint density at radius 1 is 0.696 bits per heavy atom. The van der Waals surface area contributed by atoms with Gasteiger partial charge in [-0.2, -0.15) is 0 Å². The molecule has 0 bridgehead atoms. The van der Waals surface area contributed by atoms with E-state index in [-0.39, 0.29) is 0 Å². The first-order chi connectivity index (χ1) is 11.0. The molecular formula is C19H22N2O2. The van der Waals surface area contributed by atoms with Crippen molar-refractivity contribution in [1.82, 2.24) is 0 Å². The fraction of sp³-hybridized carbons (Fsp3) is 0.263. The van der Waals surface area contributed by atoms with Crippen LogP contribution in [-0.4, -0.2) is 11.8 Å². The number of carbonyl (C=O) groups excluding carboxylic acids is 2. The Morgan fingerprint density at radius 2 is 1.04 bits per heavy atom. The largest absolute Gasteiger partial charge is 0.369 e. The second-order valence-corrected chi connectivity index (χ2v) is 5.78. The summed E-state index contributed by atoms with van der Waals surface area (Å²) in [4.78, 5) is 24.1. The SMILES string of the molecule is NC(=O)C(CCc1ccccc1)(CCc1ccccc1)C(N)=O. The molecule has 4 nitrogen and oxygen atoms in total. The predicted molar refractivity (Wildman–Crippen MR) is 90.3 cm³/mol. The lowest BCUT2D eigenvalue weighted by Crippen LogP contribution is -2.48. The van der Waals surface area contributed by atoms with Crippen LogP contribution >= 0.6 is 0 Å². The maximum absolute atomic E-state index is 12.0. The highest BCUT2D eigenvalue weighted by atomic mass is 16.2. The van der Waals surface area contributed by atoms with E-state index >= 15 is 0 Å². The standard InChI is InChI=1S/C19H22N2O2/c20-17(22)19(18(21)23,13-11-15-7-3-1-4-8-15)14-12-16-9-5-2-6-10-16/h1-10H,11-14H2,(H2,20,22)(H2,21,23). The first-order valence-corrected chi connectivity index (χ1v) is 7.72. The van der Waals surface area contributed by atoms with Gasteiger partial charge >= 0.3 is 0 Å². The van der Waals surface area contributed by atoms with Crippen LogP contribution < -0.4 is 11.5 Å². The van der Waals surface area contributed by atoms with E-state index in [1.54, 1.807) is 0 Å². The molecule has 2 amide bonds. The Bertz CT molecular complexity index is 594. The second kappa shape index (κ2) is 7.58. The van der Waals surface area contributed by atoms with Crippen LogP contribution in [0.15, 0.2) is 60.7 Å². The van der Waals surface area contributed by atoms with Crippen LogP contribution in [0.1, 0.15) is 24.0 Å². The van der Waals surface area contributed by atoms with E-state index in [1.807, 2.05) is 60.7 Å². The molecule has 0 aliphatic heterocycles. The third-order valence-electron chi connectivity index (χ3n) is 4.31. The highest BCUT2D eigenvalue weighted by molar-refractivity contribution is 6.03. The Labute approximate surface area is 136 Å². The molecule has 2 rings (SSSR count). The number of hydrogen-bond donors (Lipinski definition) is 2. The molecule has 23 heavy (non-hydrogen) atoms. The Morgan fingerprint density at radius 3 is 1.35 bits per heavy atom. The molecule has 2 aromatic rings. The average Bonchev–Trinajstić information content (AvgIpc) is 2.56. The number of rotatable bonds is 8. The quantitative estimate of drug-likeness (QED) is 0.732. The summed E-state index contributed by atoms with van der Waals surface area (Å²) in [5.41, 5.74) is 11.9. The van der Waals surface area contributed by atoms with Crippen LogP contribution in [-0.2, 0) is 22.4 Å². The molecule has 0 radical (unpaired) electrons. The van der Waals surface area contributed by atoms with Gasteiger partial charge in [0.1, 0.15) is 5.41 Å². The second-order valence-electron chi connectivity index (χ2n) is 5.78. The zero-order chi connectivity index (χ0) is 16.7.